The minimum absolute atomic E-state index is 0.363. The van der Waals surface area contributed by atoms with Gasteiger partial charge in [-0.05, 0) is 49.9 Å². The van der Waals surface area contributed by atoms with Crippen molar-refractivity contribution in [1.29, 1.82) is 0 Å². The zero-order chi connectivity index (χ0) is 15.1. The highest BCUT2D eigenvalue weighted by Gasteiger charge is 2.11. The predicted octanol–water partition coefficient (Wildman–Crippen LogP) is 3.75. The molecule has 3 heteroatoms. The van der Waals surface area contributed by atoms with Crippen LogP contribution in [-0.2, 0) is 6.42 Å². The standard InChI is InChI=1S/C18H25NO2/c1-2-3-12-19-13-10-16(11-14-19)5-4-15-6-8-17(9-7-15)18(20)21/h6-10H,2-5,11-14H2,1H3,(H,20,21). The smallest absolute Gasteiger partial charge is 0.335 e. The number of hydrogen-bond donors (Lipinski definition) is 1. The van der Waals surface area contributed by atoms with Crippen molar-refractivity contribution in [1.82, 2.24) is 4.90 Å². The highest BCUT2D eigenvalue weighted by Crippen LogP contribution is 2.17. The van der Waals surface area contributed by atoms with Crippen molar-refractivity contribution in [3.05, 3.63) is 47.0 Å². The lowest BCUT2D eigenvalue weighted by Gasteiger charge is -2.26. The van der Waals surface area contributed by atoms with Gasteiger partial charge in [0.1, 0.15) is 0 Å². The average Bonchev–Trinajstić information content (AvgIpc) is 2.52. The maximum atomic E-state index is 10.8. The van der Waals surface area contributed by atoms with Crippen LogP contribution in [0.25, 0.3) is 0 Å². The summed E-state index contributed by atoms with van der Waals surface area (Å²) in [4.78, 5) is 13.3. The summed E-state index contributed by atoms with van der Waals surface area (Å²) in [5.41, 5.74) is 3.13. The largest absolute Gasteiger partial charge is 0.478 e. The van der Waals surface area contributed by atoms with E-state index < -0.39 is 5.97 Å². The fraction of sp³-hybridized carbons (Fsp3) is 0.500. The van der Waals surface area contributed by atoms with Crippen LogP contribution in [0.5, 0.6) is 0 Å². The molecule has 1 aromatic rings. The Morgan fingerprint density at radius 1 is 1.24 bits per heavy atom. The number of hydrogen-bond acceptors (Lipinski definition) is 2. The molecule has 0 unspecified atom stereocenters. The molecule has 2 rings (SSSR count). The van der Waals surface area contributed by atoms with Gasteiger partial charge in [-0.1, -0.05) is 37.1 Å². The van der Waals surface area contributed by atoms with Crippen molar-refractivity contribution in [2.45, 2.75) is 39.0 Å². The quantitative estimate of drug-likeness (QED) is 0.776. The number of nitrogens with zero attached hydrogens (tertiary/aromatic N) is 1. The molecule has 0 saturated heterocycles. The lowest BCUT2D eigenvalue weighted by atomic mass is 9.99. The molecule has 0 atom stereocenters. The first-order valence-electron chi connectivity index (χ1n) is 7.91. The SMILES string of the molecule is CCCCN1CC=C(CCc2ccc(C(=O)O)cc2)CC1. The van der Waals surface area contributed by atoms with Gasteiger partial charge < -0.3 is 5.11 Å². The fourth-order valence-electron chi connectivity index (χ4n) is 2.68. The molecule has 1 aromatic carbocycles. The second-order valence-electron chi connectivity index (χ2n) is 5.77. The Morgan fingerprint density at radius 2 is 2.00 bits per heavy atom. The van der Waals surface area contributed by atoms with E-state index in [2.05, 4.69) is 17.9 Å². The Bertz CT molecular complexity index is 490. The van der Waals surface area contributed by atoms with Gasteiger partial charge in [0.25, 0.3) is 0 Å². The van der Waals surface area contributed by atoms with Gasteiger partial charge in [-0.25, -0.2) is 4.79 Å². The first-order valence-corrected chi connectivity index (χ1v) is 7.91. The number of aromatic carboxylic acids is 1. The minimum Gasteiger partial charge on any atom is -0.478 e. The van der Waals surface area contributed by atoms with E-state index in [1.807, 2.05) is 12.1 Å². The van der Waals surface area contributed by atoms with Gasteiger partial charge in [-0.2, -0.15) is 0 Å². The van der Waals surface area contributed by atoms with Crippen LogP contribution in [0, 0.1) is 0 Å². The molecule has 1 N–H and O–H groups in total. The van der Waals surface area contributed by atoms with Gasteiger partial charge in [0.05, 0.1) is 5.56 Å². The van der Waals surface area contributed by atoms with Crippen LogP contribution in [0.2, 0.25) is 0 Å². The third-order valence-corrected chi connectivity index (χ3v) is 4.15. The summed E-state index contributed by atoms with van der Waals surface area (Å²) >= 11 is 0. The maximum Gasteiger partial charge on any atom is 0.335 e. The van der Waals surface area contributed by atoms with E-state index in [1.54, 1.807) is 17.7 Å². The number of carboxylic acid groups (broad SMARTS) is 1. The van der Waals surface area contributed by atoms with E-state index in [9.17, 15) is 4.79 Å². The molecule has 1 aliphatic heterocycles. The first-order chi connectivity index (χ1) is 10.2. The minimum atomic E-state index is -0.858. The van der Waals surface area contributed by atoms with Crippen molar-refractivity contribution in [2.24, 2.45) is 0 Å². The summed E-state index contributed by atoms with van der Waals surface area (Å²) in [7, 11) is 0. The van der Waals surface area contributed by atoms with Gasteiger partial charge in [-0.3, -0.25) is 4.90 Å². The van der Waals surface area contributed by atoms with E-state index >= 15 is 0 Å². The normalized spacial score (nSPS) is 15.8. The third kappa shape index (κ3) is 5.01. The molecule has 0 aromatic heterocycles. The van der Waals surface area contributed by atoms with Gasteiger partial charge in [0.2, 0.25) is 0 Å². The van der Waals surface area contributed by atoms with E-state index in [0.29, 0.717) is 5.56 Å². The molecule has 21 heavy (non-hydrogen) atoms. The topological polar surface area (TPSA) is 40.5 Å². The molecule has 1 heterocycles. The number of benzene rings is 1. The van der Waals surface area contributed by atoms with Crippen molar-refractivity contribution >= 4 is 5.97 Å². The zero-order valence-electron chi connectivity index (χ0n) is 12.8. The summed E-state index contributed by atoms with van der Waals surface area (Å²) in [5.74, 6) is -0.858. The average molecular weight is 287 g/mol. The number of carboxylic acids is 1. The lowest BCUT2D eigenvalue weighted by molar-refractivity contribution is 0.0697. The number of carbonyl (C=O) groups is 1. The van der Waals surface area contributed by atoms with Crippen LogP contribution in [0.15, 0.2) is 35.9 Å². The predicted molar refractivity (Wildman–Crippen MR) is 85.8 cm³/mol. The fourth-order valence-corrected chi connectivity index (χ4v) is 2.68. The zero-order valence-corrected chi connectivity index (χ0v) is 12.8. The van der Waals surface area contributed by atoms with Crippen molar-refractivity contribution in [3.63, 3.8) is 0 Å². The van der Waals surface area contributed by atoms with Crippen molar-refractivity contribution in [3.8, 4) is 0 Å². The summed E-state index contributed by atoms with van der Waals surface area (Å²) in [5, 5.41) is 8.88. The second kappa shape index (κ2) is 7.99. The Kier molecular flexibility index (Phi) is 6.00. The van der Waals surface area contributed by atoms with E-state index in [-0.39, 0.29) is 0 Å². The van der Waals surface area contributed by atoms with Crippen LogP contribution in [0.1, 0.15) is 48.5 Å². The molecular weight excluding hydrogens is 262 g/mol. The van der Waals surface area contributed by atoms with E-state index in [1.165, 1.54) is 37.9 Å². The monoisotopic (exact) mass is 287 g/mol. The Labute approximate surface area is 127 Å². The second-order valence-corrected chi connectivity index (χ2v) is 5.77. The summed E-state index contributed by atoms with van der Waals surface area (Å²) in [6.45, 7) is 5.73. The Hall–Kier alpha value is -1.61. The molecule has 0 bridgehead atoms. The van der Waals surface area contributed by atoms with Crippen LogP contribution >= 0.6 is 0 Å². The highest BCUT2D eigenvalue weighted by atomic mass is 16.4. The molecule has 3 nitrogen and oxygen atoms in total. The first kappa shape index (κ1) is 15.8. The molecular formula is C18H25NO2. The van der Waals surface area contributed by atoms with Gasteiger partial charge in [-0.15, -0.1) is 0 Å². The number of rotatable bonds is 7. The van der Waals surface area contributed by atoms with Gasteiger partial charge >= 0.3 is 5.97 Å². The van der Waals surface area contributed by atoms with Crippen molar-refractivity contribution < 1.29 is 9.90 Å². The summed E-state index contributed by atoms with van der Waals surface area (Å²) in [6.07, 6.45) is 8.20. The Morgan fingerprint density at radius 3 is 2.57 bits per heavy atom. The number of unbranched alkanes of at least 4 members (excludes halogenated alkanes) is 1. The molecule has 0 radical (unpaired) electrons. The molecule has 1 aliphatic rings. The molecule has 0 spiro atoms. The molecule has 114 valence electrons. The van der Waals surface area contributed by atoms with E-state index in [0.717, 1.165) is 19.4 Å². The molecule has 0 aliphatic carbocycles. The summed E-state index contributed by atoms with van der Waals surface area (Å²) in [6, 6.07) is 7.25. The van der Waals surface area contributed by atoms with Crippen LogP contribution < -0.4 is 0 Å². The Balaban J connectivity index is 1.78. The molecule has 0 amide bonds. The number of aryl methyl sites for hydroxylation is 1. The maximum absolute atomic E-state index is 10.8. The third-order valence-electron chi connectivity index (χ3n) is 4.15. The highest BCUT2D eigenvalue weighted by molar-refractivity contribution is 5.87. The van der Waals surface area contributed by atoms with Crippen LogP contribution in [-0.4, -0.2) is 35.6 Å². The van der Waals surface area contributed by atoms with Gasteiger partial charge in [0, 0.05) is 13.1 Å². The summed E-state index contributed by atoms with van der Waals surface area (Å²) < 4.78 is 0. The van der Waals surface area contributed by atoms with E-state index in [4.69, 9.17) is 5.11 Å². The lowest BCUT2D eigenvalue weighted by Crippen LogP contribution is -2.29. The van der Waals surface area contributed by atoms with Crippen molar-refractivity contribution in [2.75, 3.05) is 19.6 Å². The molecule has 0 fully saturated rings. The van der Waals surface area contributed by atoms with Gasteiger partial charge in [0.15, 0.2) is 0 Å². The van der Waals surface area contributed by atoms with Crippen LogP contribution in [0.3, 0.4) is 0 Å². The van der Waals surface area contributed by atoms with Crippen LogP contribution in [0.4, 0.5) is 0 Å². The molecule has 0 saturated carbocycles.